The maximum atomic E-state index is 13.0. The Morgan fingerprint density at radius 2 is 2.04 bits per heavy atom. The number of hydrogen-bond donors (Lipinski definition) is 2. The van der Waals surface area contributed by atoms with Crippen molar-refractivity contribution in [3.8, 4) is 10.7 Å². The van der Waals surface area contributed by atoms with Crippen molar-refractivity contribution in [3.63, 3.8) is 0 Å². The van der Waals surface area contributed by atoms with Crippen molar-refractivity contribution in [3.05, 3.63) is 41.7 Å². The normalized spacial score (nSPS) is 15.7. The quantitative estimate of drug-likeness (QED) is 0.655. The Kier molecular flexibility index (Phi) is 5.19. The molecule has 0 spiro atoms. The summed E-state index contributed by atoms with van der Waals surface area (Å²) in [6.07, 6.45) is 4.44. The van der Waals surface area contributed by atoms with Crippen LogP contribution in [0.3, 0.4) is 0 Å². The summed E-state index contributed by atoms with van der Waals surface area (Å²) in [5.74, 6) is 1.58. The first-order valence-corrected chi connectivity index (χ1v) is 11.1. The molecule has 1 saturated heterocycles. The number of aromatic amines is 1. The summed E-state index contributed by atoms with van der Waals surface area (Å²) < 4.78 is 27.5. The molecule has 8 nitrogen and oxygen atoms in total. The second kappa shape index (κ2) is 7.75. The standard InChI is InChI=1S/C17H20N6O2S2/c24-27(25,23-9-2-1-3-10-23)14-7-4-8-18-17(14)19-12-15-20-16(22-21-15)13-6-5-11-26-13/h4-8,11H,1-3,9-10,12H2,(H,18,19)(H,20,21,22). The number of anilines is 1. The van der Waals surface area contributed by atoms with Crippen LogP contribution in [0.2, 0.25) is 0 Å². The fourth-order valence-corrected chi connectivity index (χ4v) is 5.33. The van der Waals surface area contributed by atoms with Gasteiger partial charge >= 0.3 is 0 Å². The fourth-order valence-electron chi connectivity index (χ4n) is 3.03. The van der Waals surface area contributed by atoms with Crippen molar-refractivity contribution in [1.29, 1.82) is 0 Å². The van der Waals surface area contributed by atoms with Gasteiger partial charge in [0.1, 0.15) is 16.5 Å². The Labute approximate surface area is 161 Å². The molecule has 0 bridgehead atoms. The molecule has 0 radical (unpaired) electrons. The predicted molar refractivity (Wildman–Crippen MR) is 104 cm³/mol. The molecule has 1 aliphatic rings. The van der Waals surface area contributed by atoms with Gasteiger partial charge in [-0.25, -0.2) is 18.4 Å². The number of aromatic nitrogens is 4. The smallest absolute Gasteiger partial charge is 0.246 e. The highest BCUT2D eigenvalue weighted by atomic mass is 32.2. The molecular formula is C17H20N6O2S2. The number of rotatable bonds is 6. The number of piperidine rings is 1. The van der Waals surface area contributed by atoms with Crippen LogP contribution >= 0.6 is 11.3 Å². The first-order chi connectivity index (χ1) is 13.1. The van der Waals surface area contributed by atoms with E-state index in [1.54, 1.807) is 34.0 Å². The topological polar surface area (TPSA) is 104 Å². The molecule has 2 N–H and O–H groups in total. The monoisotopic (exact) mass is 404 g/mol. The summed E-state index contributed by atoms with van der Waals surface area (Å²) >= 11 is 1.56. The molecule has 1 aliphatic heterocycles. The van der Waals surface area contributed by atoms with E-state index in [-0.39, 0.29) is 4.90 Å². The van der Waals surface area contributed by atoms with E-state index in [0.717, 1.165) is 24.1 Å². The van der Waals surface area contributed by atoms with Crippen LogP contribution in [0.1, 0.15) is 25.1 Å². The Morgan fingerprint density at radius 1 is 1.19 bits per heavy atom. The lowest BCUT2D eigenvalue weighted by Gasteiger charge is -2.26. The van der Waals surface area contributed by atoms with Gasteiger partial charge in [-0.15, -0.1) is 11.3 Å². The number of pyridine rings is 1. The lowest BCUT2D eigenvalue weighted by molar-refractivity contribution is 0.346. The summed E-state index contributed by atoms with van der Waals surface area (Å²) in [7, 11) is -3.56. The van der Waals surface area contributed by atoms with E-state index in [1.807, 2.05) is 17.5 Å². The molecule has 0 unspecified atom stereocenters. The zero-order valence-corrected chi connectivity index (χ0v) is 16.3. The molecule has 0 saturated carbocycles. The van der Waals surface area contributed by atoms with E-state index in [0.29, 0.717) is 37.1 Å². The van der Waals surface area contributed by atoms with Crippen molar-refractivity contribution in [2.75, 3.05) is 18.4 Å². The SMILES string of the molecule is O=S(=O)(c1cccnc1NCc1nc(-c2cccs2)n[nH]1)N1CCCCC1. The van der Waals surface area contributed by atoms with Crippen molar-refractivity contribution < 1.29 is 8.42 Å². The van der Waals surface area contributed by atoms with Gasteiger partial charge in [0.25, 0.3) is 0 Å². The van der Waals surface area contributed by atoms with Gasteiger partial charge < -0.3 is 5.32 Å². The van der Waals surface area contributed by atoms with Gasteiger partial charge in [-0.2, -0.15) is 9.40 Å². The van der Waals surface area contributed by atoms with Crippen molar-refractivity contribution in [2.45, 2.75) is 30.7 Å². The number of hydrogen-bond acceptors (Lipinski definition) is 7. The van der Waals surface area contributed by atoms with E-state index in [4.69, 9.17) is 0 Å². The van der Waals surface area contributed by atoms with Crippen LogP contribution in [0.15, 0.2) is 40.7 Å². The van der Waals surface area contributed by atoms with E-state index in [9.17, 15) is 8.42 Å². The average molecular weight is 405 g/mol. The lowest BCUT2D eigenvalue weighted by atomic mass is 10.2. The third kappa shape index (κ3) is 3.87. The van der Waals surface area contributed by atoms with E-state index in [1.165, 1.54) is 0 Å². The molecule has 3 aromatic heterocycles. The molecule has 10 heteroatoms. The Morgan fingerprint density at radius 3 is 2.81 bits per heavy atom. The van der Waals surface area contributed by atoms with Crippen LogP contribution in [-0.4, -0.2) is 46.0 Å². The second-order valence-electron chi connectivity index (χ2n) is 6.25. The molecule has 27 heavy (non-hydrogen) atoms. The van der Waals surface area contributed by atoms with Gasteiger partial charge in [-0.1, -0.05) is 12.5 Å². The molecule has 0 aliphatic carbocycles. The molecule has 0 atom stereocenters. The van der Waals surface area contributed by atoms with Crippen molar-refractivity contribution in [2.24, 2.45) is 0 Å². The van der Waals surface area contributed by atoms with E-state index >= 15 is 0 Å². The maximum absolute atomic E-state index is 13.0. The van der Waals surface area contributed by atoms with E-state index in [2.05, 4.69) is 25.5 Å². The van der Waals surface area contributed by atoms with Crippen LogP contribution in [0.25, 0.3) is 10.7 Å². The van der Waals surface area contributed by atoms with Crippen LogP contribution < -0.4 is 5.32 Å². The summed E-state index contributed by atoms with van der Waals surface area (Å²) in [6.45, 7) is 1.42. The third-order valence-electron chi connectivity index (χ3n) is 4.40. The predicted octanol–water partition coefficient (Wildman–Crippen LogP) is 2.71. The number of H-pyrrole nitrogens is 1. The molecular weight excluding hydrogens is 384 g/mol. The van der Waals surface area contributed by atoms with Gasteiger partial charge in [0, 0.05) is 19.3 Å². The van der Waals surface area contributed by atoms with Gasteiger partial charge in [0.15, 0.2) is 5.82 Å². The Bertz CT molecular complexity index is 994. The molecule has 0 amide bonds. The highest BCUT2D eigenvalue weighted by molar-refractivity contribution is 7.89. The Hall–Kier alpha value is -2.30. The van der Waals surface area contributed by atoms with Crippen LogP contribution in [0, 0.1) is 0 Å². The molecule has 4 rings (SSSR count). The van der Waals surface area contributed by atoms with Crippen LogP contribution in [-0.2, 0) is 16.6 Å². The minimum absolute atomic E-state index is 0.199. The van der Waals surface area contributed by atoms with Gasteiger partial charge in [0.05, 0.1) is 11.4 Å². The highest BCUT2D eigenvalue weighted by Gasteiger charge is 2.28. The van der Waals surface area contributed by atoms with Gasteiger partial charge in [0.2, 0.25) is 10.0 Å². The zero-order valence-electron chi connectivity index (χ0n) is 14.6. The molecule has 3 aromatic rings. The van der Waals surface area contributed by atoms with Gasteiger partial charge in [-0.3, -0.25) is 5.10 Å². The molecule has 0 aromatic carbocycles. The molecule has 1 fully saturated rings. The summed E-state index contributed by atoms with van der Waals surface area (Å²) in [5.41, 5.74) is 0. The largest absolute Gasteiger partial charge is 0.362 e. The maximum Gasteiger partial charge on any atom is 0.246 e. The minimum Gasteiger partial charge on any atom is -0.362 e. The third-order valence-corrected chi connectivity index (χ3v) is 7.20. The fraction of sp³-hybridized carbons (Fsp3) is 0.353. The second-order valence-corrected chi connectivity index (χ2v) is 9.11. The van der Waals surface area contributed by atoms with Crippen LogP contribution in [0.5, 0.6) is 0 Å². The van der Waals surface area contributed by atoms with Crippen LogP contribution in [0.4, 0.5) is 5.82 Å². The van der Waals surface area contributed by atoms with Gasteiger partial charge in [-0.05, 0) is 36.4 Å². The number of nitrogens with one attached hydrogen (secondary N) is 2. The van der Waals surface area contributed by atoms with Crippen molar-refractivity contribution >= 4 is 27.2 Å². The molecule has 4 heterocycles. The highest BCUT2D eigenvalue weighted by Crippen LogP contribution is 2.26. The van der Waals surface area contributed by atoms with E-state index < -0.39 is 10.0 Å². The summed E-state index contributed by atoms with van der Waals surface area (Å²) in [4.78, 5) is 9.85. The minimum atomic E-state index is -3.56. The zero-order chi connectivity index (χ0) is 18.7. The number of nitrogens with zero attached hydrogens (tertiary/aromatic N) is 4. The summed E-state index contributed by atoms with van der Waals surface area (Å²) in [5, 5.41) is 12.1. The average Bonchev–Trinajstić information content (AvgIpc) is 3.39. The van der Waals surface area contributed by atoms with Crippen molar-refractivity contribution in [1.82, 2.24) is 24.5 Å². The number of thiophene rings is 1. The summed E-state index contributed by atoms with van der Waals surface area (Å²) in [6, 6.07) is 7.13. The first-order valence-electron chi connectivity index (χ1n) is 8.79. The lowest BCUT2D eigenvalue weighted by Crippen LogP contribution is -2.36. The molecule has 142 valence electrons. The first kappa shape index (κ1) is 18.1. The Balaban J connectivity index is 1.52. The number of sulfonamides is 1.